The Labute approximate surface area is 97.0 Å². The van der Waals surface area contributed by atoms with Crippen LogP contribution in [-0.2, 0) is 0 Å². The van der Waals surface area contributed by atoms with E-state index in [1.165, 1.54) is 6.42 Å². The van der Waals surface area contributed by atoms with Crippen molar-refractivity contribution in [2.75, 3.05) is 13.1 Å². The van der Waals surface area contributed by atoms with Crippen molar-refractivity contribution in [2.24, 2.45) is 17.6 Å². The number of nitrogens with one attached hydrogen (secondary N) is 1. The summed E-state index contributed by atoms with van der Waals surface area (Å²) in [4.78, 5) is 0. The van der Waals surface area contributed by atoms with Gasteiger partial charge in [0, 0.05) is 12.1 Å². The standard InChI is InChI=1S/C12H24F2N2/c1-9(2)10-5-3-4-6-12(10,8-15)16-7-11(13)14/h9-11,16H,3-8,15H2,1-2H3. The highest BCUT2D eigenvalue weighted by Crippen LogP contribution is 2.37. The molecule has 0 aromatic heterocycles. The van der Waals surface area contributed by atoms with E-state index in [9.17, 15) is 8.78 Å². The number of hydrogen-bond donors (Lipinski definition) is 2. The fraction of sp³-hybridized carbons (Fsp3) is 1.00. The van der Waals surface area contributed by atoms with E-state index >= 15 is 0 Å². The maximum atomic E-state index is 12.3. The molecular weight excluding hydrogens is 210 g/mol. The first-order valence-electron chi connectivity index (χ1n) is 6.25. The summed E-state index contributed by atoms with van der Waals surface area (Å²) in [7, 11) is 0. The van der Waals surface area contributed by atoms with Gasteiger partial charge in [0.1, 0.15) is 0 Å². The molecule has 1 aliphatic rings. The van der Waals surface area contributed by atoms with Crippen molar-refractivity contribution in [3.05, 3.63) is 0 Å². The topological polar surface area (TPSA) is 38.0 Å². The normalized spacial score (nSPS) is 31.3. The van der Waals surface area contributed by atoms with Crippen LogP contribution in [0.5, 0.6) is 0 Å². The fourth-order valence-corrected chi connectivity index (χ4v) is 3.06. The second-order valence-electron chi connectivity index (χ2n) is 5.23. The molecular formula is C12H24F2N2. The van der Waals surface area contributed by atoms with Crippen LogP contribution in [0.4, 0.5) is 8.78 Å². The van der Waals surface area contributed by atoms with Gasteiger partial charge in [-0.05, 0) is 24.7 Å². The largest absolute Gasteiger partial charge is 0.329 e. The molecule has 0 spiro atoms. The Morgan fingerprint density at radius 1 is 1.38 bits per heavy atom. The minimum Gasteiger partial charge on any atom is -0.329 e. The molecule has 0 heterocycles. The van der Waals surface area contributed by atoms with Gasteiger partial charge in [-0.25, -0.2) is 8.78 Å². The number of halogens is 2. The molecule has 1 fully saturated rings. The quantitative estimate of drug-likeness (QED) is 0.766. The van der Waals surface area contributed by atoms with Gasteiger partial charge in [-0.15, -0.1) is 0 Å². The van der Waals surface area contributed by atoms with Crippen molar-refractivity contribution in [3.8, 4) is 0 Å². The number of nitrogens with two attached hydrogens (primary N) is 1. The zero-order valence-electron chi connectivity index (χ0n) is 10.3. The van der Waals surface area contributed by atoms with Gasteiger partial charge in [-0.3, -0.25) is 0 Å². The SMILES string of the molecule is CC(C)C1CCCCC1(CN)NCC(F)F. The van der Waals surface area contributed by atoms with Gasteiger partial charge < -0.3 is 11.1 Å². The molecule has 0 aliphatic heterocycles. The van der Waals surface area contributed by atoms with E-state index in [-0.39, 0.29) is 12.1 Å². The van der Waals surface area contributed by atoms with Crippen LogP contribution in [0.15, 0.2) is 0 Å². The lowest BCUT2D eigenvalue weighted by atomic mass is 9.68. The van der Waals surface area contributed by atoms with Crippen LogP contribution in [-0.4, -0.2) is 25.1 Å². The molecule has 2 nitrogen and oxygen atoms in total. The smallest absolute Gasteiger partial charge is 0.250 e. The summed E-state index contributed by atoms with van der Waals surface area (Å²) in [5.74, 6) is 0.916. The average molecular weight is 234 g/mol. The van der Waals surface area contributed by atoms with E-state index in [2.05, 4.69) is 19.2 Å². The molecule has 0 radical (unpaired) electrons. The molecule has 3 N–H and O–H groups in total. The molecule has 96 valence electrons. The predicted molar refractivity (Wildman–Crippen MR) is 62.6 cm³/mol. The lowest BCUT2D eigenvalue weighted by molar-refractivity contribution is 0.0737. The van der Waals surface area contributed by atoms with E-state index in [0.717, 1.165) is 19.3 Å². The Morgan fingerprint density at radius 3 is 2.56 bits per heavy atom. The Morgan fingerprint density at radius 2 is 2.06 bits per heavy atom. The average Bonchev–Trinajstić information content (AvgIpc) is 2.26. The van der Waals surface area contributed by atoms with Crippen molar-refractivity contribution >= 4 is 0 Å². The van der Waals surface area contributed by atoms with Crippen molar-refractivity contribution < 1.29 is 8.78 Å². The molecule has 0 aromatic carbocycles. The van der Waals surface area contributed by atoms with Gasteiger partial charge in [0.25, 0.3) is 6.43 Å². The van der Waals surface area contributed by atoms with E-state index < -0.39 is 6.43 Å². The van der Waals surface area contributed by atoms with E-state index in [4.69, 9.17) is 5.73 Å². The summed E-state index contributed by atoms with van der Waals surface area (Å²) >= 11 is 0. The molecule has 1 saturated carbocycles. The molecule has 2 unspecified atom stereocenters. The molecule has 16 heavy (non-hydrogen) atoms. The maximum Gasteiger partial charge on any atom is 0.250 e. The molecule has 2 atom stereocenters. The fourth-order valence-electron chi connectivity index (χ4n) is 3.06. The second-order valence-corrected chi connectivity index (χ2v) is 5.23. The van der Waals surface area contributed by atoms with Crippen molar-refractivity contribution in [3.63, 3.8) is 0 Å². The first-order chi connectivity index (χ1) is 7.52. The zero-order chi connectivity index (χ0) is 12.2. The lowest BCUT2D eigenvalue weighted by Gasteiger charge is -2.46. The molecule has 1 rings (SSSR count). The second kappa shape index (κ2) is 5.92. The highest BCUT2D eigenvalue weighted by atomic mass is 19.3. The van der Waals surface area contributed by atoms with Crippen LogP contribution in [0, 0.1) is 11.8 Å². The van der Waals surface area contributed by atoms with Crippen molar-refractivity contribution in [1.82, 2.24) is 5.32 Å². The van der Waals surface area contributed by atoms with E-state index in [1.807, 2.05) is 0 Å². The third-order valence-corrected chi connectivity index (χ3v) is 3.88. The van der Waals surface area contributed by atoms with Crippen LogP contribution in [0.3, 0.4) is 0 Å². The maximum absolute atomic E-state index is 12.3. The number of alkyl halides is 2. The summed E-state index contributed by atoms with van der Waals surface area (Å²) in [6, 6.07) is 0. The highest BCUT2D eigenvalue weighted by molar-refractivity contribution is 4.99. The Kier molecular flexibility index (Phi) is 5.12. The van der Waals surface area contributed by atoms with Gasteiger partial charge in [-0.2, -0.15) is 0 Å². The molecule has 0 aromatic rings. The number of rotatable bonds is 5. The summed E-state index contributed by atoms with van der Waals surface area (Å²) < 4.78 is 24.6. The molecule has 4 heteroatoms. The minimum atomic E-state index is -2.29. The molecule has 0 bridgehead atoms. The third-order valence-electron chi connectivity index (χ3n) is 3.88. The predicted octanol–water partition coefficient (Wildman–Crippen LogP) is 2.38. The van der Waals surface area contributed by atoms with Gasteiger partial charge in [0.05, 0.1) is 6.54 Å². The Hall–Kier alpha value is -0.220. The first-order valence-corrected chi connectivity index (χ1v) is 6.25. The van der Waals surface area contributed by atoms with E-state index in [0.29, 0.717) is 18.4 Å². The van der Waals surface area contributed by atoms with Crippen molar-refractivity contribution in [2.45, 2.75) is 51.5 Å². The molecule has 0 saturated heterocycles. The third kappa shape index (κ3) is 3.14. The van der Waals surface area contributed by atoms with Crippen LogP contribution in [0.2, 0.25) is 0 Å². The molecule has 1 aliphatic carbocycles. The van der Waals surface area contributed by atoms with Gasteiger partial charge in [0.2, 0.25) is 0 Å². The Bertz CT molecular complexity index is 209. The minimum absolute atomic E-state index is 0.236. The lowest BCUT2D eigenvalue weighted by Crippen LogP contribution is -2.60. The number of hydrogen-bond acceptors (Lipinski definition) is 2. The van der Waals surface area contributed by atoms with Gasteiger partial charge in [0.15, 0.2) is 0 Å². The van der Waals surface area contributed by atoms with Crippen molar-refractivity contribution in [1.29, 1.82) is 0 Å². The summed E-state index contributed by atoms with van der Waals surface area (Å²) in [6.07, 6.45) is 2.03. The van der Waals surface area contributed by atoms with Crippen LogP contribution in [0.25, 0.3) is 0 Å². The van der Waals surface area contributed by atoms with E-state index in [1.54, 1.807) is 0 Å². The van der Waals surface area contributed by atoms with Crippen LogP contribution >= 0.6 is 0 Å². The van der Waals surface area contributed by atoms with Crippen LogP contribution < -0.4 is 11.1 Å². The highest BCUT2D eigenvalue weighted by Gasteiger charge is 2.40. The Balaban J connectivity index is 2.71. The first kappa shape index (κ1) is 13.8. The van der Waals surface area contributed by atoms with Gasteiger partial charge in [-0.1, -0.05) is 26.7 Å². The summed E-state index contributed by atoms with van der Waals surface area (Å²) in [5.41, 5.74) is 5.58. The summed E-state index contributed by atoms with van der Waals surface area (Å²) in [6.45, 7) is 4.54. The zero-order valence-corrected chi connectivity index (χ0v) is 10.3. The van der Waals surface area contributed by atoms with Crippen LogP contribution in [0.1, 0.15) is 39.5 Å². The summed E-state index contributed by atoms with van der Waals surface area (Å²) in [5, 5.41) is 3.04. The molecule has 0 amide bonds. The monoisotopic (exact) mass is 234 g/mol. The van der Waals surface area contributed by atoms with Gasteiger partial charge >= 0.3 is 0 Å².